The first-order chi connectivity index (χ1) is 15.7. The Hall–Kier alpha value is -4.17. The Morgan fingerprint density at radius 3 is 2.19 bits per heavy atom. The Kier molecular flexibility index (Phi) is 6.43. The first-order valence-corrected chi connectivity index (χ1v) is 9.90. The number of hydrogen-bond donors (Lipinski definition) is 1. The average molecular weight is 430 g/mol. The fraction of sp³-hybridized carbons (Fsp3) is 0.125. The molecule has 1 heterocycles. The second kappa shape index (κ2) is 9.76. The molecule has 0 atom stereocenters. The van der Waals surface area contributed by atoms with Crippen molar-refractivity contribution in [1.82, 2.24) is 15.0 Å². The lowest BCUT2D eigenvalue weighted by atomic mass is 10.2. The average Bonchev–Trinajstić information content (AvgIpc) is 3.25. The summed E-state index contributed by atoms with van der Waals surface area (Å²) in [5.74, 6) is 1.75. The van der Waals surface area contributed by atoms with Crippen LogP contribution in [0.25, 0.3) is 5.69 Å². The minimum absolute atomic E-state index is 0.172. The maximum atomic E-state index is 12.9. The number of ether oxygens (including phenoxy) is 3. The molecule has 4 rings (SSSR count). The smallest absolute Gasteiger partial charge is 0.278 e. The summed E-state index contributed by atoms with van der Waals surface area (Å²) in [6, 6.07) is 23.9. The Labute approximate surface area is 185 Å². The summed E-state index contributed by atoms with van der Waals surface area (Å²) in [4.78, 5) is 12.9. The third-order valence-corrected chi connectivity index (χ3v) is 4.67. The van der Waals surface area contributed by atoms with E-state index in [1.165, 1.54) is 0 Å². The van der Waals surface area contributed by atoms with E-state index in [0.717, 1.165) is 17.2 Å². The molecule has 0 aliphatic heterocycles. The summed E-state index contributed by atoms with van der Waals surface area (Å²) in [5, 5.41) is 11.1. The Morgan fingerprint density at radius 1 is 0.875 bits per heavy atom. The van der Waals surface area contributed by atoms with Gasteiger partial charge >= 0.3 is 0 Å². The number of carbonyl (C=O) groups is 1. The van der Waals surface area contributed by atoms with Crippen LogP contribution in [-0.4, -0.2) is 35.1 Å². The molecule has 0 spiro atoms. The number of amides is 1. The molecule has 32 heavy (non-hydrogen) atoms. The zero-order valence-electron chi connectivity index (χ0n) is 17.7. The van der Waals surface area contributed by atoms with E-state index in [-0.39, 0.29) is 18.2 Å². The minimum Gasteiger partial charge on any atom is -0.497 e. The lowest BCUT2D eigenvalue weighted by Crippen LogP contribution is -2.16. The van der Waals surface area contributed by atoms with E-state index >= 15 is 0 Å². The molecule has 8 nitrogen and oxygen atoms in total. The number of anilines is 1. The van der Waals surface area contributed by atoms with Gasteiger partial charge in [-0.25, -0.2) is 4.68 Å². The van der Waals surface area contributed by atoms with Gasteiger partial charge in [-0.15, -0.1) is 5.10 Å². The van der Waals surface area contributed by atoms with Gasteiger partial charge in [0, 0.05) is 12.8 Å². The van der Waals surface area contributed by atoms with Crippen molar-refractivity contribution >= 4 is 11.6 Å². The quantitative estimate of drug-likeness (QED) is 0.444. The molecule has 0 radical (unpaired) electrons. The van der Waals surface area contributed by atoms with E-state index in [1.54, 1.807) is 43.2 Å². The highest BCUT2D eigenvalue weighted by molar-refractivity contribution is 6.03. The molecule has 0 saturated heterocycles. The SMILES string of the molecule is COCc1c(C(=O)Nc2ccc(Oc3ccccc3)cc2)nnn1-c1ccc(OC)cc1. The highest BCUT2D eigenvalue weighted by atomic mass is 16.5. The minimum atomic E-state index is -0.381. The van der Waals surface area contributed by atoms with Gasteiger partial charge in [0.25, 0.3) is 5.91 Å². The number of nitrogens with zero attached hydrogens (tertiary/aromatic N) is 3. The van der Waals surface area contributed by atoms with Crippen molar-refractivity contribution < 1.29 is 19.0 Å². The van der Waals surface area contributed by atoms with Crippen molar-refractivity contribution in [3.63, 3.8) is 0 Å². The van der Waals surface area contributed by atoms with E-state index in [4.69, 9.17) is 14.2 Å². The maximum absolute atomic E-state index is 12.9. The standard InChI is InChI=1S/C24H22N4O4/c1-30-16-22-23(26-27-28(22)18-10-14-19(31-2)15-11-18)24(29)25-17-8-12-21(13-9-17)32-20-6-4-3-5-7-20/h3-15H,16H2,1-2H3,(H,25,29). The van der Waals surface area contributed by atoms with E-state index < -0.39 is 0 Å². The number of nitrogens with one attached hydrogen (secondary N) is 1. The van der Waals surface area contributed by atoms with Gasteiger partial charge in [0.05, 0.1) is 19.4 Å². The molecule has 0 aliphatic carbocycles. The molecule has 0 fully saturated rings. The van der Waals surface area contributed by atoms with Crippen LogP contribution in [0.15, 0.2) is 78.9 Å². The molecular formula is C24H22N4O4. The topological polar surface area (TPSA) is 87.5 Å². The van der Waals surface area contributed by atoms with Crippen molar-refractivity contribution in [2.75, 3.05) is 19.5 Å². The molecule has 0 bridgehead atoms. The molecule has 3 aromatic carbocycles. The van der Waals surface area contributed by atoms with Crippen molar-refractivity contribution in [3.05, 3.63) is 90.3 Å². The lowest BCUT2D eigenvalue weighted by molar-refractivity contribution is 0.101. The lowest BCUT2D eigenvalue weighted by Gasteiger charge is -2.09. The van der Waals surface area contributed by atoms with Crippen molar-refractivity contribution in [2.45, 2.75) is 6.61 Å². The Bertz CT molecular complexity index is 1170. The summed E-state index contributed by atoms with van der Waals surface area (Å²) in [7, 11) is 3.15. The second-order valence-corrected chi connectivity index (χ2v) is 6.82. The van der Waals surface area contributed by atoms with Crippen LogP contribution in [-0.2, 0) is 11.3 Å². The summed E-state index contributed by atoms with van der Waals surface area (Å²) in [6.45, 7) is 0.172. The third kappa shape index (κ3) is 4.76. The van der Waals surface area contributed by atoms with Gasteiger partial charge in [0.15, 0.2) is 5.69 Å². The summed E-state index contributed by atoms with van der Waals surface area (Å²) < 4.78 is 17.8. The van der Waals surface area contributed by atoms with Gasteiger partial charge in [-0.1, -0.05) is 23.4 Å². The summed E-state index contributed by atoms with van der Waals surface area (Å²) >= 11 is 0. The van der Waals surface area contributed by atoms with Crippen LogP contribution < -0.4 is 14.8 Å². The van der Waals surface area contributed by atoms with Gasteiger partial charge in [0.1, 0.15) is 22.9 Å². The van der Waals surface area contributed by atoms with Gasteiger partial charge in [0.2, 0.25) is 0 Å². The largest absolute Gasteiger partial charge is 0.497 e. The zero-order chi connectivity index (χ0) is 22.3. The van der Waals surface area contributed by atoms with Gasteiger partial charge < -0.3 is 19.5 Å². The van der Waals surface area contributed by atoms with Crippen LogP contribution >= 0.6 is 0 Å². The van der Waals surface area contributed by atoms with E-state index in [0.29, 0.717) is 17.1 Å². The van der Waals surface area contributed by atoms with Gasteiger partial charge in [-0.3, -0.25) is 4.79 Å². The zero-order valence-corrected chi connectivity index (χ0v) is 17.7. The first kappa shape index (κ1) is 21.1. The van der Waals surface area contributed by atoms with Crippen LogP contribution in [0.2, 0.25) is 0 Å². The fourth-order valence-electron chi connectivity index (χ4n) is 3.10. The Balaban J connectivity index is 1.50. The number of carbonyl (C=O) groups excluding carboxylic acids is 1. The van der Waals surface area contributed by atoms with E-state index in [2.05, 4.69) is 15.6 Å². The maximum Gasteiger partial charge on any atom is 0.278 e. The van der Waals surface area contributed by atoms with E-state index in [9.17, 15) is 4.79 Å². The number of benzene rings is 3. The number of para-hydroxylation sites is 1. The number of rotatable bonds is 8. The van der Waals surface area contributed by atoms with Crippen molar-refractivity contribution in [2.24, 2.45) is 0 Å². The monoisotopic (exact) mass is 430 g/mol. The van der Waals surface area contributed by atoms with Crippen molar-refractivity contribution in [3.8, 4) is 22.9 Å². The number of methoxy groups -OCH3 is 2. The molecular weight excluding hydrogens is 408 g/mol. The van der Waals surface area contributed by atoms with Gasteiger partial charge in [-0.2, -0.15) is 0 Å². The molecule has 162 valence electrons. The van der Waals surface area contributed by atoms with E-state index in [1.807, 2.05) is 54.6 Å². The fourth-order valence-corrected chi connectivity index (χ4v) is 3.10. The molecule has 4 aromatic rings. The molecule has 1 amide bonds. The highest BCUT2D eigenvalue weighted by Gasteiger charge is 2.21. The molecule has 8 heteroatoms. The first-order valence-electron chi connectivity index (χ1n) is 9.90. The van der Waals surface area contributed by atoms with Crippen molar-refractivity contribution in [1.29, 1.82) is 0 Å². The highest BCUT2D eigenvalue weighted by Crippen LogP contribution is 2.23. The molecule has 1 N–H and O–H groups in total. The van der Waals surface area contributed by atoms with Crippen LogP contribution in [0.3, 0.4) is 0 Å². The Morgan fingerprint density at radius 2 is 1.53 bits per heavy atom. The predicted molar refractivity (Wildman–Crippen MR) is 120 cm³/mol. The summed E-state index contributed by atoms with van der Waals surface area (Å²) in [5.41, 5.74) is 2.08. The molecule has 0 unspecified atom stereocenters. The van der Waals surface area contributed by atoms with Crippen LogP contribution in [0.5, 0.6) is 17.2 Å². The predicted octanol–water partition coefficient (Wildman–Crippen LogP) is 4.47. The van der Waals surface area contributed by atoms with Crippen LogP contribution in [0, 0.1) is 0 Å². The van der Waals surface area contributed by atoms with Gasteiger partial charge in [-0.05, 0) is 60.7 Å². The van der Waals surface area contributed by atoms with Crippen LogP contribution in [0.1, 0.15) is 16.2 Å². The second-order valence-electron chi connectivity index (χ2n) is 6.82. The molecule has 1 aromatic heterocycles. The third-order valence-electron chi connectivity index (χ3n) is 4.67. The molecule has 0 aliphatic rings. The molecule has 0 saturated carbocycles. The number of hydrogen-bond acceptors (Lipinski definition) is 6. The number of aromatic nitrogens is 3. The summed E-state index contributed by atoms with van der Waals surface area (Å²) in [6.07, 6.45) is 0. The van der Waals surface area contributed by atoms with Crippen LogP contribution in [0.4, 0.5) is 5.69 Å². The normalized spacial score (nSPS) is 10.6.